The molecule has 1 amide bonds. The maximum atomic E-state index is 13.1. The second-order valence-electron chi connectivity index (χ2n) is 7.32. The molecule has 1 aliphatic heterocycles. The third-order valence-electron chi connectivity index (χ3n) is 5.62. The number of aromatic nitrogens is 2. The van der Waals surface area contributed by atoms with E-state index in [0.29, 0.717) is 5.91 Å². The van der Waals surface area contributed by atoms with Crippen LogP contribution < -0.4 is 0 Å². The molecule has 5 rings (SSSR count). The summed E-state index contributed by atoms with van der Waals surface area (Å²) in [6.45, 7) is 1.58. The first kappa shape index (κ1) is 16.6. The molecule has 1 aromatic carbocycles. The lowest BCUT2D eigenvalue weighted by molar-refractivity contribution is -0.136. The van der Waals surface area contributed by atoms with Crippen LogP contribution in [0.1, 0.15) is 28.1 Å². The highest BCUT2D eigenvalue weighted by molar-refractivity contribution is 7.15. The zero-order valence-electron chi connectivity index (χ0n) is 15.1. The fourth-order valence-electron chi connectivity index (χ4n) is 4.13. The lowest BCUT2D eigenvalue weighted by Gasteiger charge is -2.32. The van der Waals surface area contributed by atoms with Gasteiger partial charge in [-0.05, 0) is 48.9 Å². The fraction of sp³-hybridized carbons (Fsp3) is 0.318. The first-order valence-corrected chi connectivity index (χ1v) is 10.3. The quantitative estimate of drug-likeness (QED) is 0.683. The number of nitrogens with zero attached hydrogens (tertiary/aromatic N) is 3. The van der Waals surface area contributed by atoms with Crippen LogP contribution in [0.2, 0.25) is 0 Å². The number of benzene rings is 1. The number of thiazole rings is 1. The van der Waals surface area contributed by atoms with Crippen molar-refractivity contribution in [2.24, 2.45) is 5.92 Å². The smallest absolute Gasteiger partial charge is 0.226 e. The summed E-state index contributed by atoms with van der Waals surface area (Å²) in [4.78, 5) is 25.7. The molecule has 0 fully saturated rings. The van der Waals surface area contributed by atoms with Crippen LogP contribution in [0.4, 0.5) is 0 Å². The first-order chi connectivity index (χ1) is 13.3. The van der Waals surface area contributed by atoms with Gasteiger partial charge in [-0.1, -0.05) is 30.3 Å². The Balaban J connectivity index is 1.32. The van der Waals surface area contributed by atoms with Crippen molar-refractivity contribution < 1.29 is 4.79 Å². The van der Waals surface area contributed by atoms with Crippen molar-refractivity contribution in [3.05, 3.63) is 70.4 Å². The second-order valence-corrected chi connectivity index (χ2v) is 8.41. The van der Waals surface area contributed by atoms with E-state index in [1.807, 2.05) is 18.2 Å². The maximum absolute atomic E-state index is 13.1. The molecule has 0 radical (unpaired) electrons. The van der Waals surface area contributed by atoms with Crippen LogP contribution in [-0.4, -0.2) is 27.3 Å². The van der Waals surface area contributed by atoms with Crippen molar-refractivity contribution >= 4 is 17.2 Å². The van der Waals surface area contributed by atoms with E-state index in [9.17, 15) is 4.79 Å². The van der Waals surface area contributed by atoms with Gasteiger partial charge in [0.25, 0.3) is 0 Å². The molecule has 0 N–H and O–H groups in total. The van der Waals surface area contributed by atoms with Crippen molar-refractivity contribution in [1.29, 1.82) is 0 Å². The van der Waals surface area contributed by atoms with Crippen LogP contribution >= 0.6 is 11.3 Å². The van der Waals surface area contributed by atoms with Crippen molar-refractivity contribution in [2.45, 2.75) is 32.2 Å². The van der Waals surface area contributed by atoms with Crippen LogP contribution in [0, 0.1) is 5.92 Å². The predicted octanol–water partition coefficient (Wildman–Crippen LogP) is 3.89. The Morgan fingerprint density at radius 3 is 2.78 bits per heavy atom. The van der Waals surface area contributed by atoms with Crippen molar-refractivity contribution in [2.75, 3.05) is 6.54 Å². The number of amides is 1. The molecule has 3 aromatic rings. The first-order valence-electron chi connectivity index (χ1n) is 9.53. The molecule has 1 unspecified atom stereocenters. The zero-order chi connectivity index (χ0) is 18.2. The number of aryl methyl sites for hydroxylation is 1. The van der Waals surface area contributed by atoms with Crippen molar-refractivity contribution in [3.8, 4) is 10.7 Å². The number of hydrogen-bond donors (Lipinski definition) is 0. The number of carbonyl (C=O) groups excluding carboxylic acids is 1. The summed E-state index contributed by atoms with van der Waals surface area (Å²) in [5, 5.41) is 0.973. The van der Waals surface area contributed by atoms with E-state index in [4.69, 9.17) is 4.98 Å². The summed E-state index contributed by atoms with van der Waals surface area (Å²) in [6, 6.07) is 14.4. The van der Waals surface area contributed by atoms with Gasteiger partial charge in [0.05, 0.1) is 11.4 Å². The fourth-order valence-corrected chi connectivity index (χ4v) is 5.29. The van der Waals surface area contributed by atoms with Gasteiger partial charge in [0, 0.05) is 30.1 Å². The largest absolute Gasteiger partial charge is 0.338 e. The van der Waals surface area contributed by atoms with Crippen LogP contribution in [0.3, 0.4) is 0 Å². The molecule has 5 heteroatoms. The van der Waals surface area contributed by atoms with E-state index in [-0.39, 0.29) is 5.92 Å². The zero-order valence-corrected chi connectivity index (χ0v) is 15.9. The van der Waals surface area contributed by atoms with Gasteiger partial charge in [-0.3, -0.25) is 9.78 Å². The van der Waals surface area contributed by atoms with E-state index >= 15 is 0 Å². The molecule has 2 aromatic heterocycles. The highest BCUT2D eigenvalue weighted by Crippen LogP contribution is 2.35. The van der Waals surface area contributed by atoms with Crippen molar-refractivity contribution in [1.82, 2.24) is 14.9 Å². The topological polar surface area (TPSA) is 46.1 Å². The van der Waals surface area contributed by atoms with Gasteiger partial charge in [0.2, 0.25) is 5.91 Å². The summed E-state index contributed by atoms with van der Waals surface area (Å²) in [7, 11) is 0. The monoisotopic (exact) mass is 375 g/mol. The molecule has 0 saturated carbocycles. The van der Waals surface area contributed by atoms with Crippen molar-refractivity contribution in [3.63, 3.8) is 0 Å². The van der Waals surface area contributed by atoms with E-state index < -0.39 is 0 Å². The number of rotatable bonds is 2. The van der Waals surface area contributed by atoms with Gasteiger partial charge in [-0.15, -0.1) is 11.3 Å². The van der Waals surface area contributed by atoms with Gasteiger partial charge < -0.3 is 4.90 Å². The van der Waals surface area contributed by atoms with Crippen LogP contribution in [0.5, 0.6) is 0 Å². The molecule has 0 saturated heterocycles. The Labute approximate surface area is 162 Å². The SMILES string of the molecule is O=C(C1CCc2nc(-c3ccccn3)sc2C1)N1CCc2ccccc2C1. The minimum absolute atomic E-state index is 0.0831. The lowest BCUT2D eigenvalue weighted by Crippen LogP contribution is -2.41. The minimum Gasteiger partial charge on any atom is -0.338 e. The number of hydrogen-bond acceptors (Lipinski definition) is 4. The second kappa shape index (κ2) is 6.89. The molecule has 0 spiro atoms. The highest BCUT2D eigenvalue weighted by Gasteiger charge is 2.32. The van der Waals surface area contributed by atoms with E-state index in [0.717, 1.165) is 55.2 Å². The molecule has 27 heavy (non-hydrogen) atoms. The van der Waals surface area contributed by atoms with Gasteiger partial charge in [-0.25, -0.2) is 4.98 Å². The third kappa shape index (κ3) is 3.16. The maximum Gasteiger partial charge on any atom is 0.226 e. The summed E-state index contributed by atoms with van der Waals surface area (Å²) in [5.74, 6) is 0.391. The Morgan fingerprint density at radius 1 is 1.07 bits per heavy atom. The van der Waals surface area contributed by atoms with Gasteiger partial charge in [0.1, 0.15) is 5.01 Å². The summed E-state index contributed by atoms with van der Waals surface area (Å²) in [6.07, 6.45) is 5.37. The van der Waals surface area contributed by atoms with Crippen LogP contribution in [-0.2, 0) is 30.6 Å². The molecular weight excluding hydrogens is 354 g/mol. The van der Waals surface area contributed by atoms with Gasteiger partial charge in [0.15, 0.2) is 0 Å². The lowest BCUT2D eigenvalue weighted by atomic mass is 9.89. The van der Waals surface area contributed by atoms with Crippen LogP contribution in [0.15, 0.2) is 48.7 Å². The van der Waals surface area contributed by atoms with E-state index in [1.54, 1.807) is 17.5 Å². The number of fused-ring (bicyclic) bond motifs is 2. The molecule has 1 atom stereocenters. The summed E-state index contributed by atoms with van der Waals surface area (Å²) < 4.78 is 0. The number of pyridine rings is 1. The van der Waals surface area contributed by atoms with E-state index in [1.165, 1.54) is 16.0 Å². The molecular formula is C22H21N3OS. The average molecular weight is 375 g/mol. The number of carbonyl (C=O) groups is 1. The standard InChI is InChI=1S/C22H21N3OS/c26-22(25-12-10-15-5-1-2-6-17(15)14-25)16-8-9-18-20(13-16)27-21(24-18)19-7-3-4-11-23-19/h1-7,11,16H,8-10,12-14H2. The highest BCUT2D eigenvalue weighted by atomic mass is 32.1. The average Bonchev–Trinajstić information content (AvgIpc) is 3.17. The van der Waals surface area contributed by atoms with E-state index in [2.05, 4.69) is 34.1 Å². The summed E-state index contributed by atoms with van der Waals surface area (Å²) >= 11 is 1.70. The molecule has 2 aliphatic rings. The van der Waals surface area contributed by atoms with Gasteiger partial charge in [-0.2, -0.15) is 0 Å². The van der Waals surface area contributed by atoms with Gasteiger partial charge >= 0.3 is 0 Å². The molecule has 136 valence electrons. The molecule has 3 heterocycles. The Kier molecular flexibility index (Phi) is 4.24. The normalized spacial score (nSPS) is 18.7. The minimum atomic E-state index is 0.0831. The predicted molar refractivity (Wildman–Crippen MR) is 106 cm³/mol. The Hall–Kier alpha value is -2.53. The van der Waals surface area contributed by atoms with Crippen LogP contribution in [0.25, 0.3) is 10.7 Å². The Bertz CT molecular complexity index is 982. The third-order valence-corrected chi connectivity index (χ3v) is 6.76. The molecule has 1 aliphatic carbocycles. The Morgan fingerprint density at radius 2 is 1.93 bits per heavy atom. The summed E-state index contributed by atoms with van der Waals surface area (Å²) in [5.41, 5.74) is 4.76. The molecule has 4 nitrogen and oxygen atoms in total. The molecule has 0 bridgehead atoms.